The van der Waals surface area contributed by atoms with Gasteiger partial charge >= 0.3 is 0 Å². The Balaban J connectivity index is 4.28. The fraction of sp³-hybridized carbons (Fsp3) is 0.667. The molecule has 1 amide bonds. The molecule has 0 atom stereocenters. The summed E-state index contributed by atoms with van der Waals surface area (Å²) in [5.41, 5.74) is 6.35. The molecule has 0 heterocycles. The standard InChI is InChI=1S/C9H17NO2/c1-3-4-5-8(6-11)7(2)9(10)12/h11H,3-6H2,1-2H3,(H2,10,12). The molecule has 0 saturated carbocycles. The van der Waals surface area contributed by atoms with Crippen molar-refractivity contribution < 1.29 is 9.90 Å². The van der Waals surface area contributed by atoms with Crippen LogP contribution in [-0.2, 0) is 4.79 Å². The van der Waals surface area contributed by atoms with Gasteiger partial charge in [-0.25, -0.2) is 0 Å². The molecular formula is C9H17NO2. The Labute approximate surface area is 73.3 Å². The predicted octanol–water partition coefficient (Wildman–Crippen LogP) is 0.971. The molecule has 0 saturated heterocycles. The van der Waals surface area contributed by atoms with Crippen molar-refractivity contribution in [2.75, 3.05) is 6.61 Å². The Morgan fingerprint density at radius 2 is 2.08 bits per heavy atom. The minimum Gasteiger partial charge on any atom is -0.392 e. The quantitative estimate of drug-likeness (QED) is 0.605. The van der Waals surface area contributed by atoms with E-state index >= 15 is 0 Å². The fourth-order valence-corrected chi connectivity index (χ4v) is 0.950. The van der Waals surface area contributed by atoms with Gasteiger partial charge in [0.05, 0.1) is 6.61 Å². The number of carbonyl (C=O) groups excluding carboxylic acids is 1. The molecule has 0 radical (unpaired) electrons. The van der Waals surface area contributed by atoms with Gasteiger partial charge in [-0.15, -0.1) is 0 Å². The van der Waals surface area contributed by atoms with E-state index in [0.717, 1.165) is 24.8 Å². The predicted molar refractivity (Wildman–Crippen MR) is 48.5 cm³/mol. The molecule has 12 heavy (non-hydrogen) atoms. The maximum absolute atomic E-state index is 10.7. The van der Waals surface area contributed by atoms with Crippen LogP contribution in [0, 0.1) is 0 Å². The van der Waals surface area contributed by atoms with Crippen molar-refractivity contribution in [1.29, 1.82) is 0 Å². The minimum absolute atomic E-state index is 0.0607. The summed E-state index contributed by atoms with van der Waals surface area (Å²) in [5.74, 6) is -0.435. The van der Waals surface area contributed by atoms with Crippen LogP contribution in [0.1, 0.15) is 33.1 Å². The third-order valence-corrected chi connectivity index (χ3v) is 1.92. The Kier molecular flexibility index (Phi) is 5.37. The van der Waals surface area contributed by atoms with Gasteiger partial charge in [-0.2, -0.15) is 0 Å². The van der Waals surface area contributed by atoms with Gasteiger partial charge in [0.25, 0.3) is 0 Å². The summed E-state index contributed by atoms with van der Waals surface area (Å²) in [4.78, 5) is 10.7. The highest BCUT2D eigenvalue weighted by molar-refractivity contribution is 5.92. The Hall–Kier alpha value is -0.830. The number of hydrogen-bond acceptors (Lipinski definition) is 2. The van der Waals surface area contributed by atoms with Gasteiger partial charge in [-0.1, -0.05) is 13.3 Å². The van der Waals surface area contributed by atoms with E-state index in [0.29, 0.717) is 5.57 Å². The summed E-state index contributed by atoms with van der Waals surface area (Å²) in [6, 6.07) is 0. The fourth-order valence-electron chi connectivity index (χ4n) is 0.950. The topological polar surface area (TPSA) is 63.3 Å². The van der Waals surface area contributed by atoms with Crippen molar-refractivity contribution in [3.05, 3.63) is 11.1 Å². The summed E-state index contributed by atoms with van der Waals surface area (Å²) in [6.07, 6.45) is 2.80. The average molecular weight is 171 g/mol. The van der Waals surface area contributed by atoms with Crippen LogP contribution >= 0.6 is 0 Å². The summed E-state index contributed by atoms with van der Waals surface area (Å²) in [7, 11) is 0. The van der Waals surface area contributed by atoms with Crippen molar-refractivity contribution in [2.24, 2.45) is 5.73 Å². The smallest absolute Gasteiger partial charge is 0.244 e. The molecule has 3 nitrogen and oxygen atoms in total. The second-order valence-corrected chi connectivity index (χ2v) is 2.85. The van der Waals surface area contributed by atoms with Gasteiger partial charge in [-0.05, 0) is 25.3 Å². The van der Waals surface area contributed by atoms with Crippen LogP contribution < -0.4 is 5.73 Å². The highest BCUT2D eigenvalue weighted by Crippen LogP contribution is 2.11. The summed E-state index contributed by atoms with van der Waals surface area (Å²) in [6.45, 7) is 3.66. The second kappa shape index (κ2) is 5.77. The average Bonchev–Trinajstić information content (AvgIpc) is 2.05. The third-order valence-electron chi connectivity index (χ3n) is 1.92. The lowest BCUT2D eigenvalue weighted by molar-refractivity contribution is -0.114. The van der Waals surface area contributed by atoms with Gasteiger partial charge in [0.2, 0.25) is 5.91 Å². The van der Waals surface area contributed by atoms with Crippen LogP contribution in [0.4, 0.5) is 0 Å². The van der Waals surface area contributed by atoms with Crippen molar-refractivity contribution in [2.45, 2.75) is 33.1 Å². The van der Waals surface area contributed by atoms with Gasteiger partial charge in [0.15, 0.2) is 0 Å². The SMILES string of the molecule is CCCCC(CO)=C(C)C(N)=O. The van der Waals surface area contributed by atoms with Crippen molar-refractivity contribution in [3.8, 4) is 0 Å². The van der Waals surface area contributed by atoms with Crippen molar-refractivity contribution >= 4 is 5.91 Å². The number of nitrogens with two attached hydrogens (primary N) is 1. The first-order valence-corrected chi connectivity index (χ1v) is 4.22. The highest BCUT2D eigenvalue weighted by Gasteiger charge is 2.05. The van der Waals surface area contributed by atoms with Crippen LogP contribution in [0.15, 0.2) is 11.1 Å². The molecule has 3 N–H and O–H groups in total. The number of amides is 1. The van der Waals surface area contributed by atoms with E-state index in [1.807, 2.05) is 0 Å². The zero-order valence-corrected chi connectivity index (χ0v) is 7.76. The maximum atomic E-state index is 10.7. The Bertz CT molecular complexity index is 185. The molecule has 0 unspecified atom stereocenters. The Morgan fingerprint density at radius 3 is 2.42 bits per heavy atom. The molecular weight excluding hydrogens is 154 g/mol. The zero-order valence-electron chi connectivity index (χ0n) is 7.76. The van der Waals surface area contributed by atoms with Crippen LogP contribution in [-0.4, -0.2) is 17.6 Å². The molecule has 0 spiro atoms. The lowest BCUT2D eigenvalue weighted by Gasteiger charge is -2.05. The number of hydrogen-bond donors (Lipinski definition) is 2. The third kappa shape index (κ3) is 3.53. The van der Waals surface area contributed by atoms with E-state index in [2.05, 4.69) is 6.92 Å². The first-order valence-electron chi connectivity index (χ1n) is 4.22. The van der Waals surface area contributed by atoms with E-state index < -0.39 is 5.91 Å². The molecule has 0 aliphatic heterocycles. The number of rotatable bonds is 5. The van der Waals surface area contributed by atoms with Crippen molar-refractivity contribution in [1.82, 2.24) is 0 Å². The summed E-state index contributed by atoms with van der Waals surface area (Å²) in [5, 5.41) is 8.91. The summed E-state index contributed by atoms with van der Waals surface area (Å²) >= 11 is 0. The summed E-state index contributed by atoms with van der Waals surface area (Å²) < 4.78 is 0. The van der Waals surface area contributed by atoms with Gasteiger partial charge in [0, 0.05) is 5.57 Å². The maximum Gasteiger partial charge on any atom is 0.244 e. The van der Waals surface area contributed by atoms with Crippen LogP contribution in [0.5, 0.6) is 0 Å². The molecule has 0 aromatic rings. The normalized spacial score (nSPS) is 12.6. The largest absolute Gasteiger partial charge is 0.392 e. The van der Waals surface area contributed by atoms with Crippen LogP contribution in [0.3, 0.4) is 0 Å². The number of aliphatic hydroxyl groups is 1. The lowest BCUT2D eigenvalue weighted by atomic mass is 10.0. The van der Waals surface area contributed by atoms with Crippen LogP contribution in [0.25, 0.3) is 0 Å². The molecule has 3 heteroatoms. The number of carbonyl (C=O) groups is 1. The first-order chi connectivity index (χ1) is 5.63. The molecule has 0 fully saturated rings. The monoisotopic (exact) mass is 171 g/mol. The number of primary amides is 1. The van der Waals surface area contributed by atoms with E-state index in [1.54, 1.807) is 6.92 Å². The minimum atomic E-state index is -0.435. The van der Waals surface area contributed by atoms with Gasteiger partial charge < -0.3 is 10.8 Å². The molecule has 0 aliphatic rings. The zero-order chi connectivity index (χ0) is 9.56. The van der Waals surface area contributed by atoms with Crippen LogP contribution in [0.2, 0.25) is 0 Å². The van der Waals surface area contributed by atoms with E-state index in [-0.39, 0.29) is 6.61 Å². The van der Waals surface area contributed by atoms with Crippen molar-refractivity contribution in [3.63, 3.8) is 0 Å². The molecule has 70 valence electrons. The van der Waals surface area contributed by atoms with Gasteiger partial charge in [0.1, 0.15) is 0 Å². The van der Waals surface area contributed by atoms with E-state index in [9.17, 15) is 4.79 Å². The van der Waals surface area contributed by atoms with E-state index in [1.165, 1.54) is 0 Å². The number of unbranched alkanes of at least 4 members (excludes halogenated alkanes) is 1. The van der Waals surface area contributed by atoms with Gasteiger partial charge in [-0.3, -0.25) is 4.79 Å². The molecule has 0 aliphatic carbocycles. The molecule has 0 rings (SSSR count). The Morgan fingerprint density at radius 1 is 1.50 bits per heavy atom. The molecule has 0 aromatic heterocycles. The second-order valence-electron chi connectivity index (χ2n) is 2.85. The highest BCUT2D eigenvalue weighted by atomic mass is 16.3. The lowest BCUT2D eigenvalue weighted by Crippen LogP contribution is -2.15. The first kappa shape index (κ1) is 11.2. The molecule has 0 aromatic carbocycles. The molecule has 0 bridgehead atoms. The van der Waals surface area contributed by atoms with E-state index in [4.69, 9.17) is 10.8 Å². The number of aliphatic hydroxyl groups excluding tert-OH is 1.